The number of thiazole rings is 1. The minimum atomic E-state index is -0.0658. The van der Waals surface area contributed by atoms with Gasteiger partial charge in [-0.25, -0.2) is 4.98 Å². The first-order valence-electron chi connectivity index (χ1n) is 5.67. The molecule has 0 bridgehead atoms. The number of rotatable bonds is 5. The molecule has 2 N–H and O–H groups in total. The predicted octanol–water partition coefficient (Wildman–Crippen LogP) is 2.78. The van der Waals surface area contributed by atoms with Crippen LogP contribution in [0.25, 0.3) is 0 Å². The van der Waals surface area contributed by atoms with Gasteiger partial charge in [-0.2, -0.15) is 0 Å². The number of aromatic nitrogens is 1. The van der Waals surface area contributed by atoms with E-state index in [2.05, 4.69) is 4.98 Å². The van der Waals surface area contributed by atoms with Gasteiger partial charge in [-0.15, -0.1) is 11.3 Å². The molecule has 90 valence electrons. The highest BCUT2D eigenvalue weighted by molar-refractivity contribution is 7.09. The number of hydrogen-bond acceptors (Lipinski definition) is 4. The molecule has 0 aliphatic heterocycles. The topological polar surface area (TPSA) is 48.1 Å². The summed E-state index contributed by atoms with van der Waals surface area (Å²) in [5.74, 6) is 0.874. The molecule has 3 nitrogen and oxygen atoms in total. The molecule has 0 aliphatic carbocycles. The van der Waals surface area contributed by atoms with E-state index in [1.54, 1.807) is 17.5 Å². The third kappa shape index (κ3) is 3.05. The van der Waals surface area contributed by atoms with Gasteiger partial charge in [-0.1, -0.05) is 18.2 Å². The summed E-state index contributed by atoms with van der Waals surface area (Å²) in [6.45, 7) is 2.63. The molecule has 0 radical (unpaired) electrons. The van der Waals surface area contributed by atoms with Crippen LogP contribution in [-0.2, 0) is 6.42 Å². The van der Waals surface area contributed by atoms with Crippen LogP contribution in [0.5, 0.6) is 5.75 Å². The number of hydrogen-bond donors (Lipinski definition) is 1. The minimum absolute atomic E-state index is 0.0658. The standard InChI is InChI=1S/C13H16N2OS/c1-2-16-12-6-4-3-5-10(12)11(14)9-13-15-7-8-17-13/h3-8,11H,2,9,14H2,1H3. The van der Waals surface area contributed by atoms with E-state index in [4.69, 9.17) is 10.5 Å². The molecule has 2 rings (SSSR count). The van der Waals surface area contributed by atoms with Crippen LogP contribution < -0.4 is 10.5 Å². The largest absolute Gasteiger partial charge is 0.494 e. The van der Waals surface area contributed by atoms with Gasteiger partial charge in [0.15, 0.2) is 0 Å². The van der Waals surface area contributed by atoms with Crippen LogP contribution in [0.15, 0.2) is 35.8 Å². The molecule has 0 spiro atoms. The summed E-state index contributed by atoms with van der Waals surface area (Å²) in [6, 6.07) is 7.86. The highest BCUT2D eigenvalue weighted by Crippen LogP contribution is 2.26. The lowest BCUT2D eigenvalue weighted by atomic mass is 10.0. The Bertz CT molecular complexity index is 456. The van der Waals surface area contributed by atoms with Gasteiger partial charge in [0.25, 0.3) is 0 Å². The number of nitrogens with zero attached hydrogens (tertiary/aromatic N) is 1. The molecule has 1 aromatic carbocycles. The van der Waals surface area contributed by atoms with Crippen molar-refractivity contribution in [3.63, 3.8) is 0 Å². The van der Waals surface area contributed by atoms with Crippen LogP contribution in [0.1, 0.15) is 23.5 Å². The molecule has 1 unspecified atom stereocenters. The summed E-state index contributed by atoms with van der Waals surface area (Å²) in [4.78, 5) is 4.26. The molecule has 0 amide bonds. The summed E-state index contributed by atoms with van der Waals surface area (Å²) in [5.41, 5.74) is 7.25. The van der Waals surface area contributed by atoms with E-state index in [-0.39, 0.29) is 6.04 Å². The highest BCUT2D eigenvalue weighted by Gasteiger charge is 2.13. The number of nitrogens with two attached hydrogens (primary N) is 1. The Morgan fingerprint density at radius 3 is 2.94 bits per heavy atom. The minimum Gasteiger partial charge on any atom is -0.494 e. The molecule has 0 fully saturated rings. The van der Waals surface area contributed by atoms with Crippen molar-refractivity contribution in [3.05, 3.63) is 46.4 Å². The second-order valence-corrected chi connectivity index (χ2v) is 4.69. The summed E-state index contributed by atoms with van der Waals surface area (Å²) >= 11 is 1.63. The van der Waals surface area contributed by atoms with Gasteiger partial charge < -0.3 is 10.5 Å². The van der Waals surface area contributed by atoms with Crippen LogP contribution >= 0.6 is 11.3 Å². The molecule has 1 heterocycles. The van der Waals surface area contributed by atoms with E-state index in [1.165, 1.54) is 0 Å². The lowest BCUT2D eigenvalue weighted by molar-refractivity contribution is 0.334. The number of benzene rings is 1. The first-order chi connectivity index (χ1) is 8.31. The SMILES string of the molecule is CCOc1ccccc1C(N)Cc1nccs1. The molecule has 0 aliphatic rings. The quantitative estimate of drug-likeness (QED) is 0.885. The Morgan fingerprint density at radius 1 is 1.41 bits per heavy atom. The first kappa shape index (κ1) is 12.1. The fourth-order valence-electron chi connectivity index (χ4n) is 1.73. The van der Waals surface area contributed by atoms with Crippen molar-refractivity contribution in [1.29, 1.82) is 0 Å². The van der Waals surface area contributed by atoms with Crippen LogP contribution in [-0.4, -0.2) is 11.6 Å². The fraction of sp³-hybridized carbons (Fsp3) is 0.308. The Labute approximate surface area is 105 Å². The maximum atomic E-state index is 6.20. The third-order valence-corrected chi connectivity index (χ3v) is 3.30. The Hall–Kier alpha value is -1.39. The van der Waals surface area contributed by atoms with Gasteiger partial charge in [0.1, 0.15) is 5.75 Å². The summed E-state index contributed by atoms with van der Waals surface area (Å²) in [6.07, 6.45) is 2.56. The Balaban J connectivity index is 2.15. The average Bonchev–Trinajstić information content (AvgIpc) is 2.83. The van der Waals surface area contributed by atoms with E-state index in [0.29, 0.717) is 6.61 Å². The maximum absolute atomic E-state index is 6.20. The maximum Gasteiger partial charge on any atom is 0.124 e. The van der Waals surface area contributed by atoms with E-state index in [9.17, 15) is 0 Å². The van der Waals surface area contributed by atoms with Gasteiger partial charge in [0, 0.05) is 29.6 Å². The smallest absolute Gasteiger partial charge is 0.124 e. The van der Waals surface area contributed by atoms with Gasteiger partial charge in [-0.05, 0) is 13.0 Å². The van der Waals surface area contributed by atoms with Crippen molar-refractivity contribution in [2.45, 2.75) is 19.4 Å². The van der Waals surface area contributed by atoms with E-state index in [1.807, 2.05) is 36.6 Å². The van der Waals surface area contributed by atoms with Crippen LogP contribution in [0, 0.1) is 0 Å². The van der Waals surface area contributed by atoms with E-state index < -0.39 is 0 Å². The predicted molar refractivity (Wildman–Crippen MR) is 70.4 cm³/mol. The second kappa shape index (κ2) is 5.80. The zero-order valence-corrected chi connectivity index (χ0v) is 10.6. The number of para-hydroxylation sites is 1. The Kier molecular flexibility index (Phi) is 4.12. The lowest BCUT2D eigenvalue weighted by Gasteiger charge is -2.15. The van der Waals surface area contributed by atoms with Gasteiger partial charge in [0.05, 0.1) is 11.6 Å². The van der Waals surface area contributed by atoms with Crippen molar-refractivity contribution in [1.82, 2.24) is 4.98 Å². The van der Waals surface area contributed by atoms with Crippen LogP contribution in [0.4, 0.5) is 0 Å². The summed E-state index contributed by atoms with van der Waals surface area (Å²) in [7, 11) is 0. The summed E-state index contributed by atoms with van der Waals surface area (Å²) < 4.78 is 5.58. The third-order valence-electron chi connectivity index (χ3n) is 2.50. The average molecular weight is 248 g/mol. The Morgan fingerprint density at radius 2 is 2.24 bits per heavy atom. The molecule has 0 saturated carbocycles. The lowest BCUT2D eigenvalue weighted by Crippen LogP contribution is -2.14. The number of ether oxygens (including phenoxy) is 1. The molecule has 1 aromatic heterocycles. The van der Waals surface area contributed by atoms with Crippen molar-refractivity contribution < 1.29 is 4.74 Å². The van der Waals surface area contributed by atoms with Crippen molar-refractivity contribution in [3.8, 4) is 5.75 Å². The normalized spacial score (nSPS) is 12.4. The first-order valence-corrected chi connectivity index (χ1v) is 6.55. The van der Waals surface area contributed by atoms with Gasteiger partial charge in [-0.3, -0.25) is 0 Å². The zero-order chi connectivity index (χ0) is 12.1. The molecular formula is C13H16N2OS. The molecular weight excluding hydrogens is 232 g/mol. The van der Waals surface area contributed by atoms with Crippen molar-refractivity contribution in [2.75, 3.05) is 6.61 Å². The molecule has 17 heavy (non-hydrogen) atoms. The molecule has 0 saturated heterocycles. The molecule has 4 heteroatoms. The molecule has 2 aromatic rings. The van der Waals surface area contributed by atoms with Crippen molar-refractivity contribution in [2.24, 2.45) is 5.73 Å². The van der Waals surface area contributed by atoms with Crippen molar-refractivity contribution >= 4 is 11.3 Å². The second-order valence-electron chi connectivity index (χ2n) is 3.71. The van der Waals surface area contributed by atoms with Gasteiger partial charge >= 0.3 is 0 Å². The summed E-state index contributed by atoms with van der Waals surface area (Å²) in [5, 5.41) is 3.03. The zero-order valence-electron chi connectivity index (χ0n) is 9.80. The van der Waals surface area contributed by atoms with Crippen LogP contribution in [0.3, 0.4) is 0 Å². The fourth-order valence-corrected chi connectivity index (χ4v) is 2.40. The van der Waals surface area contributed by atoms with Crippen LogP contribution in [0.2, 0.25) is 0 Å². The monoisotopic (exact) mass is 248 g/mol. The molecule has 1 atom stereocenters. The highest BCUT2D eigenvalue weighted by atomic mass is 32.1. The van der Waals surface area contributed by atoms with Gasteiger partial charge in [0.2, 0.25) is 0 Å². The van der Waals surface area contributed by atoms with E-state index in [0.717, 1.165) is 22.7 Å². The van der Waals surface area contributed by atoms with E-state index >= 15 is 0 Å².